The van der Waals surface area contributed by atoms with Crippen LogP contribution in [0.2, 0.25) is 0 Å². The lowest BCUT2D eigenvalue weighted by atomic mass is 10.2. The Morgan fingerprint density at radius 2 is 1.61 bits per heavy atom. The van der Waals surface area contributed by atoms with Gasteiger partial charge in [0.2, 0.25) is 9.84 Å². The predicted octanol–water partition coefficient (Wildman–Crippen LogP) is 3.59. The van der Waals surface area contributed by atoms with Crippen LogP contribution in [0.3, 0.4) is 0 Å². The molecule has 0 bridgehead atoms. The van der Waals surface area contributed by atoms with Crippen molar-refractivity contribution in [2.75, 3.05) is 18.0 Å². The fourth-order valence-electron chi connectivity index (χ4n) is 3.91. The smallest absolute Gasteiger partial charge is 0.200 e. The highest BCUT2D eigenvalue weighted by Crippen LogP contribution is 2.35. The van der Waals surface area contributed by atoms with Crippen LogP contribution in [-0.4, -0.2) is 43.7 Å². The Labute approximate surface area is 182 Å². The van der Waals surface area contributed by atoms with E-state index < -0.39 is 15.1 Å². The molecule has 3 aromatic rings. The number of morpholine rings is 1. The monoisotopic (exact) mass is 436 g/mol. The van der Waals surface area contributed by atoms with Crippen molar-refractivity contribution in [1.29, 1.82) is 5.26 Å². The second-order valence-corrected chi connectivity index (χ2v) is 9.98. The third-order valence-electron chi connectivity index (χ3n) is 5.32. The third-order valence-corrected chi connectivity index (χ3v) is 7.20. The number of benzene rings is 2. The number of anilines is 1. The van der Waals surface area contributed by atoms with Crippen molar-refractivity contribution in [2.45, 2.75) is 43.1 Å². The first kappa shape index (κ1) is 21.2. The maximum atomic E-state index is 13.4. The molecule has 1 saturated heterocycles. The molecule has 1 aliphatic heterocycles. The summed E-state index contributed by atoms with van der Waals surface area (Å²) in [6.07, 6.45) is -0.113. The van der Waals surface area contributed by atoms with Gasteiger partial charge in [0.05, 0.1) is 34.2 Å². The number of para-hydroxylation sites is 2. The van der Waals surface area contributed by atoms with E-state index in [0.29, 0.717) is 29.9 Å². The normalized spacial score (nSPS) is 20.4. The minimum Gasteiger partial charge on any atom is -0.372 e. The van der Waals surface area contributed by atoms with Gasteiger partial charge < -0.3 is 9.64 Å². The first-order valence-electron chi connectivity index (χ1n) is 10.2. The molecule has 0 N–H and O–H groups in total. The molecule has 2 heterocycles. The molecule has 3 atom stereocenters. The van der Waals surface area contributed by atoms with Crippen molar-refractivity contribution < 1.29 is 13.2 Å². The lowest BCUT2D eigenvalue weighted by molar-refractivity contribution is -0.00550. The van der Waals surface area contributed by atoms with Gasteiger partial charge in [0.15, 0.2) is 11.1 Å². The zero-order chi connectivity index (χ0) is 22.2. The lowest BCUT2D eigenvalue weighted by Gasteiger charge is -2.37. The average molecular weight is 437 g/mol. The summed E-state index contributed by atoms with van der Waals surface area (Å²) in [5.74, 6) is 0.419. The molecule has 0 radical (unpaired) electrons. The van der Waals surface area contributed by atoms with E-state index in [0.717, 1.165) is 5.56 Å². The van der Waals surface area contributed by atoms with E-state index in [2.05, 4.69) is 4.98 Å². The van der Waals surface area contributed by atoms with E-state index >= 15 is 0 Å². The van der Waals surface area contributed by atoms with Crippen LogP contribution in [-0.2, 0) is 14.6 Å². The van der Waals surface area contributed by atoms with Crippen LogP contribution in [0.5, 0.6) is 0 Å². The SMILES string of the molecule is Cc1ccc(S(=O)(=O)[C@@H](C#N)c2nc3ccccc3nc2N2C[C@@H](C)O[C@@H](C)C2)cc1. The topological polar surface area (TPSA) is 96.2 Å². The molecular weight excluding hydrogens is 412 g/mol. The minimum atomic E-state index is -4.00. The van der Waals surface area contributed by atoms with Gasteiger partial charge in [0, 0.05) is 13.1 Å². The fraction of sp³-hybridized carbons (Fsp3) is 0.348. The van der Waals surface area contributed by atoms with E-state index in [1.54, 1.807) is 18.2 Å². The van der Waals surface area contributed by atoms with Gasteiger partial charge in [-0.05, 0) is 45.0 Å². The van der Waals surface area contributed by atoms with Crippen molar-refractivity contribution in [1.82, 2.24) is 9.97 Å². The molecule has 1 fully saturated rings. The van der Waals surface area contributed by atoms with Gasteiger partial charge in [-0.15, -0.1) is 0 Å². The molecule has 31 heavy (non-hydrogen) atoms. The number of ether oxygens (including phenoxy) is 1. The molecular formula is C23H24N4O3S. The van der Waals surface area contributed by atoms with Gasteiger partial charge in [-0.1, -0.05) is 29.8 Å². The van der Waals surface area contributed by atoms with Crippen LogP contribution in [0.25, 0.3) is 11.0 Å². The molecule has 0 amide bonds. The van der Waals surface area contributed by atoms with E-state index in [-0.39, 0.29) is 22.8 Å². The van der Waals surface area contributed by atoms with E-state index in [4.69, 9.17) is 9.72 Å². The second-order valence-electron chi connectivity index (χ2n) is 7.95. The average Bonchev–Trinajstić information content (AvgIpc) is 2.73. The van der Waals surface area contributed by atoms with E-state index in [1.807, 2.05) is 49.9 Å². The van der Waals surface area contributed by atoms with Gasteiger partial charge in [0.25, 0.3) is 0 Å². The third kappa shape index (κ3) is 4.11. The number of aromatic nitrogens is 2. The standard InChI is InChI=1S/C23H24N4O3S/c1-15-8-10-18(11-9-15)31(28,29)21(12-24)22-23(27-13-16(2)30-17(3)14-27)26-20-7-5-4-6-19(20)25-22/h4-11,16-17,21H,13-14H2,1-3H3/t16-,17+,21-/m0/s1. The molecule has 0 saturated carbocycles. The van der Waals surface area contributed by atoms with Crippen LogP contribution in [0.4, 0.5) is 5.82 Å². The summed E-state index contributed by atoms with van der Waals surface area (Å²) in [7, 11) is -4.00. The fourth-order valence-corrected chi connectivity index (χ4v) is 5.28. The molecule has 160 valence electrons. The summed E-state index contributed by atoms with van der Waals surface area (Å²) in [5, 5.41) is 8.51. The van der Waals surface area contributed by atoms with Gasteiger partial charge in [-0.3, -0.25) is 0 Å². The zero-order valence-electron chi connectivity index (χ0n) is 17.7. The first-order valence-corrected chi connectivity index (χ1v) is 11.7. The van der Waals surface area contributed by atoms with E-state index in [9.17, 15) is 13.7 Å². The van der Waals surface area contributed by atoms with Crippen LogP contribution in [0, 0.1) is 18.3 Å². The number of nitrogens with zero attached hydrogens (tertiary/aromatic N) is 4. The quantitative estimate of drug-likeness (QED) is 0.616. The van der Waals surface area contributed by atoms with Gasteiger partial charge in [-0.25, -0.2) is 18.4 Å². The van der Waals surface area contributed by atoms with Crippen molar-refractivity contribution in [3.63, 3.8) is 0 Å². The summed E-state index contributed by atoms with van der Waals surface area (Å²) < 4.78 is 32.7. The second kappa shape index (κ2) is 8.25. The van der Waals surface area contributed by atoms with Crippen molar-refractivity contribution in [3.05, 3.63) is 59.8 Å². The van der Waals surface area contributed by atoms with Gasteiger partial charge in [0.1, 0.15) is 5.69 Å². The molecule has 0 spiro atoms. The molecule has 1 aliphatic rings. The number of nitriles is 1. The lowest BCUT2D eigenvalue weighted by Crippen LogP contribution is -2.46. The van der Waals surface area contributed by atoms with Crippen LogP contribution >= 0.6 is 0 Å². The van der Waals surface area contributed by atoms with Crippen LogP contribution < -0.4 is 4.90 Å². The predicted molar refractivity (Wildman–Crippen MR) is 118 cm³/mol. The Bertz CT molecular complexity index is 1240. The highest BCUT2D eigenvalue weighted by molar-refractivity contribution is 7.92. The number of hydrogen-bond acceptors (Lipinski definition) is 7. The number of rotatable bonds is 4. The molecule has 8 heteroatoms. The zero-order valence-corrected chi connectivity index (χ0v) is 18.5. The van der Waals surface area contributed by atoms with E-state index in [1.165, 1.54) is 12.1 Å². The summed E-state index contributed by atoms with van der Waals surface area (Å²) in [6.45, 7) is 6.87. The first-order chi connectivity index (χ1) is 14.8. The number of hydrogen-bond donors (Lipinski definition) is 0. The van der Waals surface area contributed by atoms with Crippen molar-refractivity contribution >= 4 is 26.7 Å². The maximum absolute atomic E-state index is 13.4. The molecule has 1 aromatic heterocycles. The minimum absolute atomic E-state index is 0.0564. The summed E-state index contributed by atoms with van der Waals surface area (Å²) in [6, 6.07) is 15.8. The number of aryl methyl sites for hydroxylation is 1. The van der Waals surface area contributed by atoms with Crippen molar-refractivity contribution in [3.8, 4) is 6.07 Å². The maximum Gasteiger partial charge on any atom is 0.200 e. The molecule has 0 unspecified atom stereocenters. The summed E-state index contributed by atoms with van der Waals surface area (Å²) in [4.78, 5) is 11.5. The molecule has 0 aliphatic carbocycles. The van der Waals surface area contributed by atoms with Gasteiger partial charge in [-0.2, -0.15) is 5.26 Å². The highest BCUT2D eigenvalue weighted by Gasteiger charge is 2.36. The molecule has 2 aromatic carbocycles. The summed E-state index contributed by atoms with van der Waals surface area (Å²) >= 11 is 0. The highest BCUT2D eigenvalue weighted by atomic mass is 32.2. The largest absolute Gasteiger partial charge is 0.372 e. The van der Waals surface area contributed by atoms with Gasteiger partial charge >= 0.3 is 0 Å². The van der Waals surface area contributed by atoms with Crippen LogP contribution in [0.1, 0.15) is 30.4 Å². The summed E-state index contributed by atoms with van der Waals surface area (Å²) in [5.41, 5.74) is 2.30. The number of fused-ring (bicyclic) bond motifs is 1. The Morgan fingerprint density at radius 3 is 2.19 bits per heavy atom. The van der Waals surface area contributed by atoms with Crippen molar-refractivity contribution in [2.24, 2.45) is 0 Å². The molecule has 4 rings (SSSR count). The van der Waals surface area contributed by atoms with Crippen LogP contribution in [0.15, 0.2) is 53.4 Å². The Kier molecular flexibility index (Phi) is 5.65. The Balaban J connectivity index is 1.90. The molecule has 7 nitrogen and oxygen atoms in total. The Hall–Kier alpha value is -3.02. The number of sulfone groups is 1. The Morgan fingerprint density at radius 1 is 1.03 bits per heavy atom.